The van der Waals surface area contributed by atoms with Gasteiger partial charge >= 0.3 is 12.0 Å². The van der Waals surface area contributed by atoms with Gasteiger partial charge in [0, 0.05) is 19.1 Å². The third-order valence-electron chi connectivity index (χ3n) is 3.48. The van der Waals surface area contributed by atoms with Gasteiger partial charge in [0.15, 0.2) is 0 Å². The molecule has 0 aromatic heterocycles. The number of carboxylic acid groups (broad SMARTS) is 1. The van der Waals surface area contributed by atoms with Crippen LogP contribution in [0.3, 0.4) is 0 Å². The Morgan fingerprint density at radius 3 is 2.59 bits per heavy atom. The Morgan fingerprint density at radius 2 is 2.06 bits per heavy atom. The minimum atomic E-state index is -0.872. The molecule has 1 saturated heterocycles. The van der Waals surface area contributed by atoms with Gasteiger partial charge in [0.1, 0.15) is 6.04 Å². The molecule has 5 heteroatoms. The summed E-state index contributed by atoms with van der Waals surface area (Å²) in [7, 11) is 0. The van der Waals surface area contributed by atoms with Gasteiger partial charge < -0.3 is 14.9 Å². The Bertz CT molecular complexity index is 315. The molecule has 2 rings (SSSR count). The van der Waals surface area contributed by atoms with Crippen LogP contribution in [0, 0.1) is 0 Å². The fraction of sp³-hybridized carbons (Fsp3) is 0.833. The van der Waals surface area contributed by atoms with Gasteiger partial charge in [0.2, 0.25) is 0 Å². The van der Waals surface area contributed by atoms with Crippen LogP contribution >= 0.6 is 0 Å². The number of carbonyl (C=O) groups excluding carboxylic acids is 1. The second-order valence-corrected chi connectivity index (χ2v) is 4.90. The van der Waals surface area contributed by atoms with Crippen molar-refractivity contribution in [1.82, 2.24) is 9.80 Å². The van der Waals surface area contributed by atoms with E-state index in [-0.39, 0.29) is 6.03 Å². The first-order valence-electron chi connectivity index (χ1n) is 6.45. The number of urea groups is 1. The molecule has 0 aromatic carbocycles. The highest BCUT2D eigenvalue weighted by atomic mass is 16.4. The highest BCUT2D eigenvalue weighted by Gasteiger charge is 2.40. The van der Waals surface area contributed by atoms with Crippen LogP contribution < -0.4 is 0 Å². The van der Waals surface area contributed by atoms with Crippen LogP contribution in [0.2, 0.25) is 0 Å². The van der Waals surface area contributed by atoms with Gasteiger partial charge in [-0.1, -0.05) is 6.92 Å². The van der Waals surface area contributed by atoms with Crippen LogP contribution in [-0.4, -0.2) is 52.1 Å². The number of hydrogen-bond acceptors (Lipinski definition) is 2. The minimum Gasteiger partial charge on any atom is -0.480 e. The Labute approximate surface area is 101 Å². The standard InChI is InChI=1S/C12H20N2O3/c1-2-7-13(9-5-6-9)12(17)14-8-3-4-10(14)11(15)16/h9-10H,2-8H2,1H3,(H,15,16)/t10-/m0/s1. The topological polar surface area (TPSA) is 60.9 Å². The maximum Gasteiger partial charge on any atom is 0.326 e. The zero-order valence-electron chi connectivity index (χ0n) is 10.3. The quantitative estimate of drug-likeness (QED) is 0.810. The molecular formula is C12H20N2O3. The van der Waals surface area contributed by atoms with Crippen LogP contribution in [0.1, 0.15) is 39.0 Å². The third-order valence-corrected chi connectivity index (χ3v) is 3.48. The van der Waals surface area contributed by atoms with Gasteiger partial charge in [-0.3, -0.25) is 0 Å². The first-order chi connectivity index (χ1) is 8.15. The first-order valence-corrected chi connectivity index (χ1v) is 6.45. The molecule has 17 heavy (non-hydrogen) atoms. The number of hydrogen-bond donors (Lipinski definition) is 1. The molecule has 1 N–H and O–H groups in total. The van der Waals surface area contributed by atoms with Gasteiger partial charge in [0.25, 0.3) is 0 Å². The van der Waals surface area contributed by atoms with Crippen molar-refractivity contribution in [2.24, 2.45) is 0 Å². The summed E-state index contributed by atoms with van der Waals surface area (Å²) < 4.78 is 0. The predicted octanol–water partition coefficient (Wildman–Crippen LogP) is 1.53. The van der Waals surface area contributed by atoms with E-state index >= 15 is 0 Å². The molecule has 0 aromatic rings. The number of aliphatic carboxylic acids is 1. The molecule has 5 nitrogen and oxygen atoms in total. The van der Waals surface area contributed by atoms with Crippen molar-refractivity contribution in [3.05, 3.63) is 0 Å². The van der Waals surface area contributed by atoms with Gasteiger partial charge in [-0.05, 0) is 32.1 Å². The van der Waals surface area contributed by atoms with E-state index < -0.39 is 12.0 Å². The van der Waals surface area contributed by atoms with E-state index in [9.17, 15) is 9.59 Å². The summed E-state index contributed by atoms with van der Waals surface area (Å²) >= 11 is 0. The zero-order chi connectivity index (χ0) is 12.4. The number of rotatable bonds is 4. The Balaban J connectivity index is 2.03. The largest absolute Gasteiger partial charge is 0.480 e. The number of amides is 2. The number of carboxylic acids is 1. The van der Waals surface area contributed by atoms with Crippen LogP contribution in [0.25, 0.3) is 0 Å². The average molecular weight is 240 g/mol. The Morgan fingerprint density at radius 1 is 1.35 bits per heavy atom. The molecule has 1 saturated carbocycles. The normalized spacial score (nSPS) is 23.8. The molecule has 1 aliphatic carbocycles. The molecule has 2 fully saturated rings. The number of nitrogens with zero attached hydrogens (tertiary/aromatic N) is 2. The van der Waals surface area contributed by atoms with E-state index in [0.29, 0.717) is 19.0 Å². The van der Waals surface area contributed by atoms with Crippen LogP contribution in [-0.2, 0) is 4.79 Å². The monoisotopic (exact) mass is 240 g/mol. The predicted molar refractivity (Wildman–Crippen MR) is 62.8 cm³/mol. The summed E-state index contributed by atoms with van der Waals surface area (Å²) in [5, 5.41) is 9.09. The highest BCUT2D eigenvalue weighted by molar-refractivity contribution is 5.83. The van der Waals surface area contributed by atoms with Crippen molar-refractivity contribution in [2.45, 2.75) is 51.1 Å². The summed E-state index contributed by atoms with van der Waals surface area (Å²) in [5.41, 5.74) is 0. The molecule has 0 bridgehead atoms. The highest BCUT2D eigenvalue weighted by Crippen LogP contribution is 2.29. The number of likely N-dealkylation sites (tertiary alicyclic amines) is 1. The second-order valence-electron chi connectivity index (χ2n) is 4.90. The van der Waals surface area contributed by atoms with Gasteiger partial charge in [-0.2, -0.15) is 0 Å². The van der Waals surface area contributed by atoms with Crippen LogP contribution in [0.5, 0.6) is 0 Å². The summed E-state index contributed by atoms with van der Waals surface area (Å²) in [6.07, 6.45) is 4.45. The summed E-state index contributed by atoms with van der Waals surface area (Å²) in [4.78, 5) is 26.8. The van der Waals surface area contributed by atoms with Crippen molar-refractivity contribution >= 4 is 12.0 Å². The first kappa shape index (κ1) is 12.2. The molecular weight excluding hydrogens is 220 g/mol. The SMILES string of the molecule is CCCN(C(=O)N1CCC[C@H]1C(=O)O)C1CC1. The second kappa shape index (κ2) is 4.94. The molecule has 1 heterocycles. The zero-order valence-corrected chi connectivity index (χ0v) is 10.3. The molecule has 0 unspecified atom stereocenters. The molecule has 0 radical (unpaired) electrons. The lowest BCUT2D eigenvalue weighted by Gasteiger charge is -2.30. The molecule has 96 valence electrons. The lowest BCUT2D eigenvalue weighted by atomic mass is 10.2. The maximum absolute atomic E-state index is 12.3. The summed E-state index contributed by atoms with van der Waals surface area (Å²) in [6.45, 7) is 3.37. The molecule has 2 aliphatic rings. The fourth-order valence-corrected chi connectivity index (χ4v) is 2.48. The van der Waals surface area contributed by atoms with Crippen LogP contribution in [0.4, 0.5) is 4.79 Å². The van der Waals surface area contributed by atoms with E-state index in [0.717, 1.165) is 32.2 Å². The molecule has 2 amide bonds. The van der Waals surface area contributed by atoms with E-state index in [1.54, 1.807) is 0 Å². The Hall–Kier alpha value is -1.26. The summed E-state index contributed by atoms with van der Waals surface area (Å²) in [5.74, 6) is -0.872. The van der Waals surface area contributed by atoms with Crippen molar-refractivity contribution in [3.8, 4) is 0 Å². The Kier molecular flexibility index (Phi) is 3.54. The van der Waals surface area contributed by atoms with Gasteiger partial charge in [0.05, 0.1) is 0 Å². The lowest BCUT2D eigenvalue weighted by Crippen LogP contribution is -2.49. The van der Waals surface area contributed by atoms with Gasteiger partial charge in [-0.25, -0.2) is 9.59 Å². The van der Waals surface area contributed by atoms with E-state index in [4.69, 9.17) is 5.11 Å². The molecule has 1 atom stereocenters. The summed E-state index contributed by atoms with van der Waals surface area (Å²) in [6, 6.07) is -0.322. The van der Waals surface area contributed by atoms with Crippen molar-refractivity contribution in [3.63, 3.8) is 0 Å². The minimum absolute atomic E-state index is 0.0701. The van der Waals surface area contributed by atoms with Crippen LogP contribution in [0.15, 0.2) is 0 Å². The maximum atomic E-state index is 12.3. The van der Waals surface area contributed by atoms with Crippen molar-refractivity contribution < 1.29 is 14.7 Å². The lowest BCUT2D eigenvalue weighted by molar-refractivity contribution is -0.141. The van der Waals surface area contributed by atoms with E-state index in [1.165, 1.54) is 4.90 Å². The molecule has 0 spiro atoms. The average Bonchev–Trinajstić information content (AvgIpc) is 3.00. The smallest absolute Gasteiger partial charge is 0.326 e. The van der Waals surface area contributed by atoms with E-state index in [2.05, 4.69) is 0 Å². The van der Waals surface area contributed by atoms with Gasteiger partial charge in [-0.15, -0.1) is 0 Å². The van der Waals surface area contributed by atoms with E-state index in [1.807, 2.05) is 11.8 Å². The van der Waals surface area contributed by atoms with Crippen molar-refractivity contribution in [2.75, 3.05) is 13.1 Å². The van der Waals surface area contributed by atoms with Crippen molar-refractivity contribution in [1.29, 1.82) is 0 Å². The number of carbonyl (C=O) groups is 2. The fourth-order valence-electron chi connectivity index (χ4n) is 2.48. The molecule has 1 aliphatic heterocycles. The third kappa shape index (κ3) is 2.53.